The normalized spacial score (nSPS) is 14.4. The second-order valence-corrected chi connectivity index (χ2v) is 7.87. The summed E-state index contributed by atoms with van der Waals surface area (Å²) in [6, 6.07) is 17.2. The van der Waals surface area contributed by atoms with Gasteiger partial charge < -0.3 is 15.2 Å². The van der Waals surface area contributed by atoms with E-state index in [-0.39, 0.29) is 17.5 Å². The third-order valence-corrected chi connectivity index (χ3v) is 5.70. The number of carbonyl (C=O) groups is 1. The van der Waals surface area contributed by atoms with Gasteiger partial charge in [-0.15, -0.1) is 0 Å². The van der Waals surface area contributed by atoms with Gasteiger partial charge in [-0.1, -0.05) is 12.1 Å². The first-order valence-corrected chi connectivity index (χ1v) is 10.6. The number of piperidine rings is 1. The number of aryl methyl sites for hydroxylation is 1. The first-order chi connectivity index (χ1) is 15.1. The van der Waals surface area contributed by atoms with Crippen LogP contribution in [0.25, 0.3) is 10.9 Å². The van der Waals surface area contributed by atoms with E-state index in [9.17, 15) is 9.59 Å². The van der Waals surface area contributed by atoms with Crippen molar-refractivity contribution < 1.29 is 4.79 Å². The molecule has 1 saturated heterocycles. The van der Waals surface area contributed by atoms with Crippen molar-refractivity contribution in [1.29, 1.82) is 5.26 Å². The van der Waals surface area contributed by atoms with Crippen LogP contribution in [0.2, 0.25) is 0 Å². The van der Waals surface area contributed by atoms with Crippen LogP contribution in [0.1, 0.15) is 37.1 Å². The SMILES string of the molecule is N#Cc1ccc(N2CCC(NC(=O)CCCc3nc4ccccc4c(=O)[nH]3)CC2)cc1. The molecule has 0 atom stereocenters. The number of nitrogens with zero attached hydrogens (tertiary/aromatic N) is 3. The van der Waals surface area contributed by atoms with Crippen LogP contribution < -0.4 is 15.8 Å². The summed E-state index contributed by atoms with van der Waals surface area (Å²) in [7, 11) is 0. The zero-order valence-electron chi connectivity index (χ0n) is 17.3. The van der Waals surface area contributed by atoms with Crippen molar-refractivity contribution in [3.8, 4) is 6.07 Å². The van der Waals surface area contributed by atoms with Gasteiger partial charge >= 0.3 is 0 Å². The van der Waals surface area contributed by atoms with E-state index >= 15 is 0 Å². The smallest absolute Gasteiger partial charge is 0.258 e. The van der Waals surface area contributed by atoms with Crippen molar-refractivity contribution in [2.24, 2.45) is 0 Å². The molecule has 0 spiro atoms. The molecule has 0 aliphatic carbocycles. The van der Waals surface area contributed by atoms with Gasteiger partial charge in [-0.2, -0.15) is 5.26 Å². The number of benzene rings is 2. The molecule has 1 aliphatic heterocycles. The van der Waals surface area contributed by atoms with Gasteiger partial charge in [0.05, 0.1) is 22.5 Å². The van der Waals surface area contributed by atoms with Gasteiger partial charge in [0.2, 0.25) is 5.91 Å². The first kappa shape index (κ1) is 20.6. The number of hydrogen-bond donors (Lipinski definition) is 2. The molecular weight excluding hydrogens is 390 g/mol. The summed E-state index contributed by atoms with van der Waals surface area (Å²) in [5, 5.41) is 12.6. The number of aromatic amines is 1. The van der Waals surface area contributed by atoms with Crippen molar-refractivity contribution in [3.05, 3.63) is 70.3 Å². The van der Waals surface area contributed by atoms with Gasteiger partial charge in [0.1, 0.15) is 5.82 Å². The number of nitriles is 1. The van der Waals surface area contributed by atoms with Gasteiger partial charge in [-0.3, -0.25) is 9.59 Å². The highest BCUT2D eigenvalue weighted by Gasteiger charge is 2.20. The van der Waals surface area contributed by atoms with E-state index in [4.69, 9.17) is 5.26 Å². The number of H-pyrrole nitrogens is 1. The number of anilines is 1. The fourth-order valence-corrected chi connectivity index (χ4v) is 4.00. The van der Waals surface area contributed by atoms with Gasteiger partial charge in [0, 0.05) is 37.7 Å². The summed E-state index contributed by atoms with van der Waals surface area (Å²) in [5.74, 6) is 0.659. The fraction of sp³-hybridized carbons (Fsp3) is 0.333. The van der Waals surface area contributed by atoms with Gasteiger partial charge in [0.25, 0.3) is 5.56 Å². The summed E-state index contributed by atoms with van der Waals surface area (Å²) >= 11 is 0. The van der Waals surface area contributed by atoms with E-state index in [0.29, 0.717) is 41.6 Å². The predicted octanol–water partition coefficient (Wildman–Crippen LogP) is 2.90. The average molecular weight is 415 g/mol. The highest BCUT2D eigenvalue weighted by Crippen LogP contribution is 2.20. The van der Waals surface area contributed by atoms with Crippen LogP contribution >= 0.6 is 0 Å². The Kier molecular flexibility index (Phi) is 6.27. The Morgan fingerprint density at radius 3 is 2.65 bits per heavy atom. The predicted molar refractivity (Wildman–Crippen MR) is 120 cm³/mol. The molecular formula is C24H25N5O2. The van der Waals surface area contributed by atoms with Crippen LogP contribution in [-0.2, 0) is 11.2 Å². The zero-order chi connectivity index (χ0) is 21.6. The number of aromatic nitrogens is 2. The molecule has 7 heteroatoms. The molecule has 31 heavy (non-hydrogen) atoms. The van der Waals surface area contributed by atoms with Gasteiger partial charge in [0.15, 0.2) is 0 Å². The maximum Gasteiger partial charge on any atom is 0.258 e. The number of nitrogens with one attached hydrogen (secondary N) is 2. The summed E-state index contributed by atoms with van der Waals surface area (Å²) < 4.78 is 0. The Morgan fingerprint density at radius 2 is 1.90 bits per heavy atom. The maximum atomic E-state index is 12.4. The Bertz CT molecular complexity index is 1160. The lowest BCUT2D eigenvalue weighted by Crippen LogP contribution is -2.44. The lowest BCUT2D eigenvalue weighted by molar-refractivity contribution is -0.122. The Balaban J connectivity index is 1.22. The van der Waals surface area contributed by atoms with Gasteiger partial charge in [-0.05, 0) is 55.7 Å². The third-order valence-electron chi connectivity index (χ3n) is 5.70. The number of amides is 1. The van der Waals surface area contributed by atoms with E-state index in [1.54, 1.807) is 6.07 Å². The Morgan fingerprint density at radius 1 is 1.16 bits per heavy atom. The maximum absolute atomic E-state index is 12.4. The van der Waals surface area contributed by atoms with Crippen molar-refractivity contribution in [3.63, 3.8) is 0 Å². The molecule has 0 unspecified atom stereocenters. The van der Waals surface area contributed by atoms with Crippen molar-refractivity contribution in [1.82, 2.24) is 15.3 Å². The minimum absolute atomic E-state index is 0.0416. The van der Waals surface area contributed by atoms with Crippen LogP contribution in [-0.4, -0.2) is 35.0 Å². The van der Waals surface area contributed by atoms with E-state index in [0.717, 1.165) is 31.6 Å². The van der Waals surface area contributed by atoms with Crippen LogP contribution in [0.15, 0.2) is 53.3 Å². The van der Waals surface area contributed by atoms with Crippen LogP contribution in [0.3, 0.4) is 0 Å². The lowest BCUT2D eigenvalue weighted by atomic mass is 10.0. The van der Waals surface area contributed by atoms with Crippen molar-refractivity contribution in [2.75, 3.05) is 18.0 Å². The molecule has 4 rings (SSSR count). The number of rotatable bonds is 6. The minimum atomic E-state index is -0.140. The molecule has 3 aromatic rings. The molecule has 158 valence electrons. The standard InChI is InChI=1S/C24H25N5O2/c25-16-17-8-10-19(11-9-17)29-14-12-18(13-15-29)26-23(30)7-3-6-22-27-21-5-2-1-4-20(21)24(31)28-22/h1-2,4-5,8-11,18H,3,6-7,12-15H2,(H,26,30)(H,27,28,31). The molecule has 1 amide bonds. The first-order valence-electron chi connectivity index (χ1n) is 10.6. The topological polar surface area (TPSA) is 102 Å². The van der Waals surface area contributed by atoms with Crippen molar-refractivity contribution >= 4 is 22.5 Å². The molecule has 1 aliphatic rings. The zero-order valence-corrected chi connectivity index (χ0v) is 17.3. The molecule has 0 saturated carbocycles. The van der Waals surface area contributed by atoms with E-state index in [2.05, 4.69) is 26.3 Å². The van der Waals surface area contributed by atoms with E-state index < -0.39 is 0 Å². The largest absolute Gasteiger partial charge is 0.371 e. The molecule has 7 nitrogen and oxygen atoms in total. The molecule has 1 aromatic heterocycles. The monoisotopic (exact) mass is 415 g/mol. The third kappa shape index (κ3) is 5.10. The second-order valence-electron chi connectivity index (χ2n) is 7.87. The summed E-state index contributed by atoms with van der Waals surface area (Å²) in [6.45, 7) is 1.75. The highest BCUT2D eigenvalue weighted by molar-refractivity contribution is 5.77. The number of fused-ring (bicyclic) bond motifs is 1. The summed E-state index contributed by atoms with van der Waals surface area (Å²) in [5.41, 5.74) is 2.31. The quantitative estimate of drug-likeness (QED) is 0.645. The Hall–Kier alpha value is -3.66. The summed E-state index contributed by atoms with van der Waals surface area (Å²) in [4.78, 5) is 34.1. The minimum Gasteiger partial charge on any atom is -0.371 e. The Labute approximate surface area is 180 Å². The van der Waals surface area contributed by atoms with E-state index in [1.807, 2.05) is 42.5 Å². The highest BCUT2D eigenvalue weighted by atomic mass is 16.1. The van der Waals surface area contributed by atoms with Crippen LogP contribution in [0.5, 0.6) is 0 Å². The van der Waals surface area contributed by atoms with Crippen molar-refractivity contribution in [2.45, 2.75) is 38.1 Å². The number of hydrogen-bond acceptors (Lipinski definition) is 5. The molecule has 0 radical (unpaired) electrons. The second kappa shape index (κ2) is 9.43. The van der Waals surface area contributed by atoms with E-state index in [1.165, 1.54) is 0 Å². The van der Waals surface area contributed by atoms with Gasteiger partial charge in [-0.25, -0.2) is 4.98 Å². The molecule has 2 heterocycles. The average Bonchev–Trinajstić information content (AvgIpc) is 2.80. The molecule has 2 N–H and O–H groups in total. The molecule has 0 bridgehead atoms. The summed E-state index contributed by atoms with van der Waals surface area (Å²) in [6.07, 6.45) is 3.39. The molecule has 2 aromatic carbocycles. The molecule has 1 fully saturated rings. The van der Waals surface area contributed by atoms with Crippen LogP contribution in [0, 0.1) is 11.3 Å². The number of carbonyl (C=O) groups excluding carboxylic acids is 1. The number of para-hydroxylation sites is 1. The fourth-order valence-electron chi connectivity index (χ4n) is 4.00. The van der Waals surface area contributed by atoms with Crippen LogP contribution in [0.4, 0.5) is 5.69 Å². The lowest BCUT2D eigenvalue weighted by Gasteiger charge is -2.34.